The molecule has 0 amide bonds. The number of aliphatic hydroxyl groups excluding tert-OH is 1. The minimum atomic E-state index is -0.354. The second-order valence-electron chi connectivity index (χ2n) is 9.32. The van der Waals surface area contributed by atoms with Crippen LogP contribution in [-0.4, -0.2) is 48.5 Å². The number of ether oxygens (including phenoxy) is 1. The molecule has 3 heteroatoms. The molecule has 1 N–H and O–H groups in total. The molecule has 3 fully saturated rings. The Balaban J connectivity index is 1.45. The van der Waals surface area contributed by atoms with Crippen molar-refractivity contribution in [2.75, 3.05) is 20.2 Å². The maximum Gasteiger partial charge on any atom is 0.0900 e. The number of nitrogens with zero attached hydrogens (tertiary/aromatic N) is 1. The summed E-state index contributed by atoms with van der Waals surface area (Å²) >= 11 is 0. The fourth-order valence-corrected chi connectivity index (χ4v) is 5.67. The van der Waals surface area contributed by atoms with E-state index in [2.05, 4.69) is 32.7 Å². The highest BCUT2D eigenvalue weighted by molar-refractivity contribution is 5.11. The van der Waals surface area contributed by atoms with E-state index in [1.165, 1.54) is 51.4 Å². The molecule has 3 aliphatic rings. The van der Waals surface area contributed by atoms with Gasteiger partial charge in [0.05, 0.1) is 18.8 Å². The number of likely N-dealkylation sites (N-methyl/N-ethyl adjacent to an activating group) is 1. The van der Waals surface area contributed by atoms with Crippen LogP contribution < -0.4 is 0 Å². The lowest BCUT2D eigenvalue weighted by Crippen LogP contribution is -2.42. The molecule has 0 aromatic rings. The first-order chi connectivity index (χ1) is 10.8. The normalized spacial score (nSPS) is 38.3. The molecule has 3 nitrogen and oxygen atoms in total. The number of aliphatic hydroxyl groups is 1. The Morgan fingerprint density at radius 2 is 1.83 bits per heavy atom. The van der Waals surface area contributed by atoms with Crippen molar-refractivity contribution in [3.63, 3.8) is 0 Å². The molecular formula is C20H37NO2. The lowest BCUT2D eigenvalue weighted by molar-refractivity contribution is -0.0802. The third-order valence-electron chi connectivity index (χ3n) is 7.90. The number of fused-ring (bicyclic) bond motifs is 2. The van der Waals surface area contributed by atoms with Crippen LogP contribution in [0.1, 0.15) is 72.1 Å². The average molecular weight is 324 g/mol. The fourth-order valence-electron chi connectivity index (χ4n) is 5.67. The molecule has 0 unspecified atom stereocenters. The first kappa shape index (κ1) is 17.7. The zero-order valence-corrected chi connectivity index (χ0v) is 15.7. The van der Waals surface area contributed by atoms with Gasteiger partial charge in [-0.3, -0.25) is 0 Å². The predicted octanol–water partition coefficient (Wildman–Crippen LogP) is 3.84. The van der Waals surface area contributed by atoms with Crippen LogP contribution in [0.25, 0.3) is 0 Å². The van der Waals surface area contributed by atoms with Gasteiger partial charge in [-0.15, -0.1) is 0 Å². The molecule has 4 atom stereocenters. The summed E-state index contributed by atoms with van der Waals surface area (Å²) < 4.78 is 6.25. The molecule has 0 spiro atoms. The van der Waals surface area contributed by atoms with E-state index < -0.39 is 0 Å². The maximum absolute atomic E-state index is 10.4. The lowest BCUT2D eigenvalue weighted by atomic mass is 9.70. The van der Waals surface area contributed by atoms with Crippen molar-refractivity contribution in [3.8, 4) is 0 Å². The van der Waals surface area contributed by atoms with Gasteiger partial charge in [-0.2, -0.15) is 0 Å². The van der Waals surface area contributed by atoms with E-state index in [0.29, 0.717) is 29.6 Å². The Kier molecular flexibility index (Phi) is 5.11. The topological polar surface area (TPSA) is 32.7 Å². The molecule has 3 rings (SSSR count). The molecule has 0 saturated heterocycles. The van der Waals surface area contributed by atoms with Crippen molar-refractivity contribution in [3.05, 3.63) is 0 Å². The summed E-state index contributed by atoms with van der Waals surface area (Å²) in [5.74, 6) is 0.805. The summed E-state index contributed by atoms with van der Waals surface area (Å²) in [6.07, 6.45) is 10.5. The van der Waals surface area contributed by atoms with Crippen LogP contribution in [0.3, 0.4) is 0 Å². The Morgan fingerprint density at radius 3 is 2.39 bits per heavy atom. The van der Waals surface area contributed by atoms with Crippen LogP contribution in [0.2, 0.25) is 0 Å². The van der Waals surface area contributed by atoms with Crippen LogP contribution in [0, 0.1) is 16.7 Å². The summed E-state index contributed by atoms with van der Waals surface area (Å²) in [4.78, 5) is 2.36. The van der Waals surface area contributed by atoms with Gasteiger partial charge in [-0.05, 0) is 55.9 Å². The van der Waals surface area contributed by atoms with E-state index in [1.807, 2.05) is 0 Å². The first-order valence-electron chi connectivity index (χ1n) is 9.84. The molecule has 0 aliphatic heterocycles. The van der Waals surface area contributed by atoms with E-state index in [4.69, 9.17) is 4.74 Å². The van der Waals surface area contributed by atoms with Gasteiger partial charge in [-0.25, -0.2) is 0 Å². The number of hydrogen-bond acceptors (Lipinski definition) is 3. The Labute approximate surface area is 142 Å². The van der Waals surface area contributed by atoms with Crippen molar-refractivity contribution in [1.29, 1.82) is 0 Å². The highest BCUT2D eigenvalue weighted by Gasteiger charge is 2.61. The zero-order chi connectivity index (χ0) is 16.7. The van der Waals surface area contributed by atoms with Gasteiger partial charge in [0, 0.05) is 12.6 Å². The summed E-state index contributed by atoms with van der Waals surface area (Å²) in [6.45, 7) is 8.49. The molecule has 0 aromatic carbocycles. The van der Waals surface area contributed by atoms with E-state index in [1.54, 1.807) is 0 Å². The van der Waals surface area contributed by atoms with Gasteiger partial charge < -0.3 is 14.7 Å². The Morgan fingerprint density at radius 1 is 1.13 bits per heavy atom. The minimum absolute atomic E-state index is 0.298. The van der Waals surface area contributed by atoms with E-state index >= 15 is 0 Å². The molecule has 3 aliphatic carbocycles. The van der Waals surface area contributed by atoms with Crippen molar-refractivity contribution < 1.29 is 9.84 Å². The van der Waals surface area contributed by atoms with Crippen molar-refractivity contribution in [2.24, 2.45) is 16.7 Å². The quantitative estimate of drug-likeness (QED) is 0.806. The van der Waals surface area contributed by atoms with Crippen LogP contribution >= 0.6 is 0 Å². The average Bonchev–Trinajstić information content (AvgIpc) is 2.86. The Hall–Kier alpha value is -0.120. The van der Waals surface area contributed by atoms with Gasteiger partial charge in [0.15, 0.2) is 0 Å². The largest absolute Gasteiger partial charge is 0.389 e. The summed E-state index contributed by atoms with van der Waals surface area (Å²) in [6, 6.07) is 0.664. The van der Waals surface area contributed by atoms with Crippen LogP contribution in [0.15, 0.2) is 0 Å². The summed E-state index contributed by atoms with van der Waals surface area (Å²) in [7, 11) is 2.17. The highest BCUT2D eigenvalue weighted by Crippen LogP contribution is 2.66. The smallest absolute Gasteiger partial charge is 0.0900 e. The molecule has 3 saturated carbocycles. The van der Waals surface area contributed by atoms with Crippen LogP contribution in [-0.2, 0) is 4.74 Å². The van der Waals surface area contributed by atoms with Gasteiger partial charge in [0.25, 0.3) is 0 Å². The van der Waals surface area contributed by atoms with Crippen molar-refractivity contribution >= 4 is 0 Å². The molecule has 0 aromatic heterocycles. The predicted molar refractivity (Wildman–Crippen MR) is 94.5 cm³/mol. The maximum atomic E-state index is 10.4. The minimum Gasteiger partial charge on any atom is -0.389 e. The third kappa shape index (κ3) is 3.21. The fraction of sp³-hybridized carbons (Fsp3) is 1.00. The summed E-state index contributed by atoms with van der Waals surface area (Å²) in [5.41, 5.74) is 0.689. The van der Waals surface area contributed by atoms with E-state index in [0.717, 1.165) is 12.5 Å². The standard InChI is InChI=1S/C20H37NO2/c1-19(2)15-10-11-20(19,3)18(12-15)23-14-17(22)13-21(4)16-8-6-5-7-9-16/h15-18,22H,5-14H2,1-4H3/t15-,17-,18-,20+/m1/s1. The molecule has 2 bridgehead atoms. The van der Waals surface area contributed by atoms with E-state index in [9.17, 15) is 5.11 Å². The molecule has 23 heavy (non-hydrogen) atoms. The SMILES string of the molecule is CN(C[C@@H](O)CO[C@@H]1C[C@H]2CC[C@]1(C)C2(C)C)C1CCCCC1. The third-order valence-corrected chi connectivity index (χ3v) is 7.90. The number of rotatable bonds is 6. The van der Waals surface area contributed by atoms with Gasteiger partial charge in [-0.1, -0.05) is 40.0 Å². The molecule has 0 radical (unpaired) electrons. The molecular weight excluding hydrogens is 286 g/mol. The highest BCUT2D eigenvalue weighted by atomic mass is 16.5. The van der Waals surface area contributed by atoms with Crippen LogP contribution in [0.5, 0.6) is 0 Å². The van der Waals surface area contributed by atoms with Gasteiger partial charge in [0.2, 0.25) is 0 Å². The zero-order valence-electron chi connectivity index (χ0n) is 15.7. The van der Waals surface area contributed by atoms with E-state index in [-0.39, 0.29) is 6.10 Å². The van der Waals surface area contributed by atoms with Gasteiger partial charge >= 0.3 is 0 Å². The summed E-state index contributed by atoms with van der Waals surface area (Å²) in [5, 5.41) is 10.4. The monoisotopic (exact) mass is 323 g/mol. The van der Waals surface area contributed by atoms with Gasteiger partial charge in [0.1, 0.15) is 0 Å². The molecule has 0 heterocycles. The number of hydrogen-bond donors (Lipinski definition) is 1. The lowest BCUT2D eigenvalue weighted by Gasteiger charge is -2.39. The Bertz CT molecular complexity index is 404. The first-order valence-corrected chi connectivity index (χ1v) is 9.84. The second-order valence-corrected chi connectivity index (χ2v) is 9.32. The van der Waals surface area contributed by atoms with Crippen LogP contribution in [0.4, 0.5) is 0 Å². The van der Waals surface area contributed by atoms with Crippen molar-refractivity contribution in [1.82, 2.24) is 4.90 Å². The molecule has 134 valence electrons. The van der Waals surface area contributed by atoms with Crippen molar-refractivity contribution in [2.45, 2.75) is 90.4 Å². The second kappa shape index (κ2) is 6.65.